The van der Waals surface area contributed by atoms with Crippen molar-refractivity contribution in [2.75, 3.05) is 0 Å². The molecule has 7 atom stereocenters. The van der Waals surface area contributed by atoms with E-state index in [-0.39, 0.29) is 11.8 Å². The number of carbonyl (C=O) groups excluding carboxylic acids is 4. The van der Waals surface area contributed by atoms with Crippen LogP contribution in [0.15, 0.2) is 0 Å². The molecular weight excluding hydrogens is 546 g/mol. The van der Waals surface area contributed by atoms with Gasteiger partial charge in [0, 0.05) is 11.8 Å². The highest BCUT2D eigenvalue weighted by Gasteiger charge is 2.70. The fourth-order valence-corrected chi connectivity index (χ4v) is 7.09. The summed E-state index contributed by atoms with van der Waals surface area (Å²) in [5, 5.41) is -4.73. The molecule has 0 aromatic heterocycles. The maximum absolute atomic E-state index is 13.6. The fraction of sp³-hybridized carbons (Fsp3) is 0.840. The molecule has 1 N–H and O–H groups in total. The summed E-state index contributed by atoms with van der Waals surface area (Å²) < 4.78 is 78.6. The summed E-state index contributed by atoms with van der Waals surface area (Å²) in [7, 11) is -5.82. The van der Waals surface area contributed by atoms with Gasteiger partial charge in [-0.25, -0.2) is 0 Å². The molecule has 0 spiro atoms. The second-order valence-corrected chi connectivity index (χ2v) is 13.0. The number of esters is 4. The van der Waals surface area contributed by atoms with Crippen molar-refractivity contribution in [3.63, 3.8) is 0 Å². The summed E-state index contributed by atoms with van der Waals surface area (Å²) in [4.78, 5) is 50.4. The molecule has 4 rings (SSSR count). The summed E-state index contributed by atoms with van der Waals surface area (Å²) in [6.07, 6.45) is 0.111. The van der Waals surface area contributed by atoms with Crippen molar-refractivity contribution in [2.45, 2.75) is 101 Å². The van der Waals surface area contributed by atoms with E-state index >= 15 is 0 Å². The van der Waals surface area contributed by atoms with E-state index in [2.05, 4.69) is 4.74 Å². The predicted octanol–water partition coefficient (Wildman–Crippen LogP) is 2.80. The Hall–Kier alpha value is -2.35. The number of alkyl halides is 2. The molecule has 0 radical (unpaired) electrons. The number of fused-ring (bicyclic) bond motifs is 1. The fourth-order valence-electron chi connectivity index (χ4n) is 6.63. The first-order valence-electron chi connectivity index (χ1n) is 13.2. The molecule has 39 heavy (non-hydrogen) atoms. The summed E-state index contributed by atoms with van der Waals surface area (Å²) in [5.41, 5.74) is -0.725. The third-order valence-corrected chi connectivity index (χ3v) is 9.72. The van der Waals surface area contributed by atoms with Crippen molar-refractivity contribution in [1.82, 2.24) is 0 Å². The Morgan fingerprint density at radius 1 is 1.08 bits per heavy atom. The molecule has 1 saturated heterocycles. The second-order valence-electron chi connectivity index (χ2n) is 11.5. The van der Waals surface area contributed by atoms with Gasteiger partial charge in [-0.1, -0.05) is 19.3 Å². The van der Waals surface area contributed by atoms with Gasteiger partial charge in [-0.3, -0.25) is 23.7 Å². The van der Waals surface area contributed by atoms with Gasteiger partial charge in [-0.05, 0) is 46.0 Å². The molecule has 0 aromatic rings. The Morgan fingerprint density at radius 2 is 1.69 bits per heavy atom. The van der Waals surface area contributed by atoms with E-state index in [1.54, 1.807) is 0 Å². The van der Waals surface area contributed by atoms with E-state index in [1.807, 2.05) is 13.8 Å². The molecule has 2 bridgehead atoms. The standard InChI is InChI=1S/C25H34F2O11S/c1-12(25(26,27)39(32,33)34)35-16(28)9-10-17(29)36-20-15-11-14-18(22(30)37-21(14)20)19(15)23(31)38-24(2,3)13-7-5-4-6-8-13/h12-15,18-21H,4-11H2,1-3H3,(H,32,33,34). The van der Waals surface area contributed by atoms with Crippen molar-refractivity contribution in [3.05, 3.63) is 0 Å². The lowest BCUT2D eigenvalue weighted by Crippen LogP contribution is -2.46. The lowest BCUT2D eigenvalue weighted by Gasteiger charge is -2.38. The van der Waals surface area contributed by atoms with Crippen LogP contribution in [0.4, 0.5) is 8.78 Å². The molecule has 0 amide bonds. The van der Waals surface area contributed by atoms with Crippen molar-refractivity contribution < 1.29 is 59.9 Å². The molecule has 4 fully saturated rings. The molecule has 220 valence electrons. The van der Waals surface area contributed by atoms with Crippen LogP contribution < -0.4 is 0 Å². The molecule has 4 aliphatic rings. The number of hydrogen-bond acceptors (Lipinski definition) is 10. The van der Waals surface area contributed by atoms with Crippen LogP contribution in [-0.2, 0) is 48.2 Å². The largest absolute Gasteiger partial charge is 0.459 e. The first-order valence-corrected chi connectivity index (χ1v) is 14.7. The van der Waals surface area contributed by atoms with Gasteiger partial charge in [0.25, 0.3) is 0 Å². The minimum absolute atomic E-state index is 0.200. The zero-order valence-electron chi connectivity index (χ0n) is 22.0. The number of hydrogen-bond donors (Lipinski definition) is 1. The molecule has 7 unspecified atom stereocenters. The lowest BCUT2D eigenvalue weighted by atomic mass is 9.77. The van der Waals surface area contributed by atoms with Crippen LogP contribution in [0.1, 0.15) is 72.1 Å². The summed E-state index contributed by atoms with van der Waals surface area (Å²) in [6, 6.07) is 0. The second kappa shape index (κ2) is 10.6. The molecule has 1 heterocycles. The Bertz CT molecular complexity index is 1120. The summed E-state index contributed by atoms with van der Waals surface area (Å²) in [6.45, 7) is 4.32. The average molecular weight is 581 g/mol. The molecular formula is C25H34F2O11S. The van der Waals surface area contributed by atoms with E-state index in [1.165, 1.54) is 0 Å². The summed E-state index contributed by atoms with van der Waals surface area (Å²) >= 11 is 0. The molecule has 0 aromatic carbocycles. The van der Waals surface area contributed by atoms with Gasteiger partial charge in [0.15, 0.2) is 6.10 Å². The summed E-state index contributed by atoms with van der Waals surface area (Å²) in [5.74, 6) is -5.44. The van der Waals surface area contributed by atoms with E-state index in [9.17, 15) is 36.4 Å². The minimum Gasteiger partial charge on any atom is -0.459 e. The van der Waals surface area contributed by atoms with Crippen LogP contribution in [0.5, 0.6) is 0 Å². The van der Waals surface area contributed by atoms with E-state index < -0.39 is 93.8 Å². The zero-order chi connectivity index (χ0) is 28.9. The SMILES string of the molecule is CC(OC(=O)CCC(=O)OC1C2CC3C1OC(=O)C3C2C(=O)OC(C)(C)C1CCCCC1)C(F)(F)S(=O)(=O)O. The third kappa shape index (κ3) is 5.63. The Kier molecular flexibility index (Phi) is 8.03. The Labute approximate surface area is 225 Å². The van der Waals surface area contributed by atoms with Gasteiger partial charge in [0.1, 0.15) is 17.8 Å². The number of halogens is 2. The highest BCUT2D eigenvalue weighted by Crippen LogP contribution is 2.59. The number of rotatable bonds is 10. The van der Waals surface area contributed by atoms with E-state index in [0.717, 1.165) is 32.1 Å². The predicted molar refractivity (Wildman–Crippen MR) is 126 cm³/mol. The Morgan fingerprint density at radius 3 is 2.31 bits per heavy atom. The molecule has 3 saturated carbocycles. The van der Waals surface area contributed by atoms with Crippen molar-refractivity contribution in [1.29, 1.82) is 0 Å². The maximum Gasteiger partial charge on any atom is 0.405 e. The monoisotopic (exact) mass is 580 g/mol. The quantitative estimate of drug-likeness (QED) is 0.230. The van der Waals surface area contributed by atoms with Crippen LogP contribution in [0.25, 0.3) is 0 Å². The van der Waals surface area contributed by atoms with Crippen LogP contribution in [0.3, 0.4) is 0 Å². The van der Waals surface area contributed by atoms with Gasteiger partial charge in [0.2, 0.25) is 0 Å². The normalized spacial score (nSPS) is 31.5. The van der Waals surface area contributed by atoms with Crippen molar-refractivity contribution >= 4 is 34.0 Å². The van der Waals surface area contributed by atoms with Crippen molar-refractivity contribution in [2.24, 2.45) is 29.6 Å². The molecule has 14 heteroatoms. The van der Waals surface area contributed by atoms with Gasteiger partial charge in [-0.15, -0.1) is 0 Å². The van der Waals surface area contributed by atoms with Crippen LogP contribution in [-0.4, -0.2) is 66.0 Å². The number of ether oxygens (including phenoxy) is 4. The van der Waals surface area contributed by atoms with Crippen LogP contribution >= 0.6 is 0 Å². The first kappa shape index (κ1) is 29.6. The van der Waals surface area contributed by atoms with Crippen molar-refractivity contribution in [3.8, 4) is 0 Å². The van der Waals surface area contributed by atoms with E-state index in [0.29, 0.717) is 13.3 Å². The van der Waals surface area contributed by atoms with Gasteiger partial charge >= 0.3 is 39.2 Å². The van der Waals surface area contributed by atoms with Gasteiger partial charge in [-0.2, -0.15) is 17.2 Å². The first-order chi connectivity index (χ1) is 18.0. The molecule has 11 nitrogen and oxygen atoms in total. The van der Waals surface area contributed by atoms with Gasteiger partial charge in [0.05, 0.1) is 24.7 Å². The highest BCUT2D eigenvalue weighted by atomic mass is 32.2. The number of carbonyl (C=O) groups is 4. The third-order valence-electron chi connectivity index (χ3n) is 8.70. The molecule has 1 aliphatic heterocycles. The van der Waals surface area contributed by atoms with Gasteiger partial charge < -0.3 is 18.9 Å². The van der Waals surface area contributed by atoms with E-state index in [4.69, 9.17) is 18.8 Å². The topological polar surface area (TPSA) is 160 Å². The lowest BCUT2D eigenvalue weighted by molar-refractivity contribution is -0.177. The molecule has 3 aliphatic carbocycles. The van der Waals surface area contributed by atoms with Crippen LogP contribution in [0, 0.1) is 29.6 Å². The average Bonchev–Trinajstić information content (AvgIpc) is 3.46. The minimum atomic E-state index is -5.82. The maximum atomic E-state index is 13.6. The smallest absolute Gasteiger partial charge is 0.405 e. The van der Waals surface area contributed by atoms with Crippen LogP contribution in [0.2, 0.25) is 0 Å². The highest BCUT2D eigenvalue weighted by molar-refractivity contribution is 7.86. The zero-order valence-corrected chi connectivity index (χ0v) is 22.8. The Balaban J connectivity index is 1.35.